The van der Waals surface area contributed by atoms with Crippen LogP contribution in [0.4, 0.5) is 0 Å². The van der Waals surface area contributed by atoms with Crippen LogP contribution in [0.3, 0.4) is 0 Å². The van der Waals surface area contributed by atoms with Crippen LogP contribution in [-0.4, -0.2) is 23.3 Å². The second kappa shape index (κ2) is 10.2. The summed E-state index contributed by atoms with van der Waals surface area (Å²) in [6.45, 7) is 2.77. The van der Waals surface area contributed by atoms with Crippen molar-refractivity contribution in [2.45, 2.75) is 20.1 Å². The van der Waals surface area contributed by atoms with Crippen molar-refractivity contribution in [3.05, 3.63) is 80.9 Å². The van der Waals surface area contributed by atoms with E-state index in [1.165, 1.54) is 16.8 Å². The van der Waals surface area contributed by atoms with Gasteiger partial charge in [0.1, 0.15) is 13.2 Å². The van der Waals surface area contributed by atoms with Gasteiger partial charge in [0.25, 0.3) is 11.5 Å². The van der Waals surface area contributed by atoms with E-state index in [0.29, 0.717) is 24.7 Å². The van der Waals surface area contributed by atoms with E-state index in [-0.39, 0.29) is 12.1 Å². The summed E-state index contributed by atoms with van der Waals surface area (Å²) in [6.07, 6.45) is 3.06. The normalized spacial score (nSPS) is 10.8. The van der Waals surface area contributed by atoms with Gasteiger partial charge in [0.2, 0.25) is 0 Å². The molecule has 3 rings (SSSR count). The molecule has 0 atom stereocenters. The highest BCUT2D eigenvalue weighted by molar-refractivity contribution is 7.09. The Kier molecular flexibility index (Phi) is 7.18. The number of carbonyl (C=O) groups is 1. The Bertz CT molecular complexity index is 1030. The van der Waals surface area contributed by atoms with Crippen LogP contribution in [0.5, 0.6) is 11.5 Å². The summed E-state index contributed by atoms with van der Waals surface area (Å²) >= 11 is 1.63. The van der Waals surface area contributed by atoms with Gasteiger partial charge in [0, 0.05) is 17.1 Å². The Hall–Kier alpha value is -3.39. The number of aromatic nitrogens is 1. The summed E-state index contributed by atoms with van der Waals surface area (Å²) < 4.78 is 12.8. The second-order valence-electron chi connectivity index (χ2n) is 5.97. The van der Waals surface area contributed by atoms with Gasteiger partial charge in [-0.1, -0.05) is 12.1 Å². The molecular formula is C21H21N3O4S. The summed E-state index contributed by atoms with van der Waals surface area (Å²) in [5, 5.41) is 5.95. The number of benzene rings is 1. The third-order valence-corrected chi connectivity index (χ3v) is 4.68. The number of nitrogens with one attached hydrogen (secondary N) is 1. The molecular weight excluding hydrogens is 390 g/mol. The van der Waals surface area contributed by atoms with Gasteiger partial charge in [-0.2, -0.15) is 5.10 Å². The molecule has 0 radical (unpaired) electrons. The van der Waals surface area contributed by atoms with E-state index < -0.39 is 5.91 Å². The van der Waals surface area contributed by atoms with Crippen molar-refractivity contribution in [3.63, 3.8) is 0 Å². The predicted molar refractivity (Wildman–Crippen MR) is 113 cm³/mol. The maximum absolute atomic E-state index is 11.9. The van der Waals surface area contributed by atoms with Crippen LogP contribution >= 0.6 is 11.3 Å². The van der Waals surface area contributed by atoms with Crippen molar-refractivity contribution < 1.29 is 14.3 Å². The van der Waals surface area contributed by atoms with Gasteiger partial charge in [-0.25, -0.2) is 5.43 Å². The molecule has 0 saturated heterocycles. The molecule has 0 spiro atoms. The molecule has 0 aliphatic heterocycles. The number of hydrogen-bond donors (Lipinski definition) is 1. The molecule has 0 bridgehead atoms. The average molecular weight is 411 g/mol. The van der Waals surface area contributed by atoms with Crippen LogP contribution in [0.25, 0.3) is 0 Å². The molecule has 0 aliphatic rings. The van der Waals surface area contributed by atoms with Gasteiger partial charge in [-0.3, -0.25) is 9.59 Å². The fraction of sp³-hybridized carbons (Fsp3) is 0.190. The molecule has 2 heterocycles. The van der Waals surface area contributed by atoms with Gasteiger partial charge in [0.15, 0.2) is 11.5 Å². The van der Waals surface area contributed by atoms with Crippen molar-refractivity contribution in [1.82, 2.24) is 9.99 Å². The quantitative estimate of drug-likeness (QED) is 0.433. The number of thiophene rings is 1. The summed E-state index contributed by atoms with van der Waals surface area (Å²) in [5.74, 6) is 0.857. The molecule has 7 nitrogen and oxygen atoms in total. The van der Waals surface area contributed by atoms with E-state index in [4.69, 9.17) is 9.47 Å². The smallest absolute Gasteiger partial charge is 0.260 e. The highest BCUT2D eigenvalue weighted by Crippen LogP contribution is 2.29. The van der Waals surface area contributed by atoms with Crippen molar-refractivity contribution in [3.8, 4) is 11.5 Å². The lowest BCUT2D eigenvalue weighted by molar-refractivity contribution is -0.121. The van der Waals surface area contributed by atoms with E-state index >= 15 is 0 Å². The topological polar surface area (TPSA) is 81.9 Å². The maximum Gasteiger partial charge on any atom is 0.260 e. The highest BCUT2D eigenvalue weighted by atomic mass is 32.1. The fourth-order valence-corrected chi connectivity index (χ4v) is 3.11. The Morgan fingerprint density at radius 3 is 2.83 bits per heavy atom. The zero-order valence-corrected chi connectivity index (χ0v) is 16.7. The highest BCUT2D eigenvalue weighted by Gasteiger charge is 2.07. The van der Waals surface area contributed by atoms with Crippen LogP contribution in [0.15, 0.2) is 70.0 Å². The first kappa shape index (κ1) is 20.3. The van der Waals surface area contributed by atoms with Gasteiger partial charge in [-0.05, 0) is 48.2 Å². The van der Waals surface area contributed by atoms with E-state index in [2.05, 4.69) is 10.5 Å². The van der Waals surface area contributed by atoms with Crippen molar-refractivity contribution in [2.75, 3.05) is 6.61 Å². The monoisotopic (exact) mass is 411 g/mol. The van der Waals surface area contributed by atoms with Crippen molar-refractivity contribution in [2.24, 2.45) is 5.10 Å². The number of amides is 1. The number of nitrogens with zero attached hydrogens (tertiary/aromatic N) is 2. The maximum atomic E-state index is 11.9. The first-order chi connectivity index (χ1) is 14.2. The van der Waals surface area contributed by atoms with Crippen LogP contribution in [-0.2, 0) is 17.9 Å². The lowest BCUT2D eigenvalue weighted by atomic mass is 10.2. The Labute approximate surface area is 172 Å². The van der Waals surface area contributed by atoms with Crippen LogP contribution in [0.2, 0.25) is 0 Å². The number of hydrazone groups is 1. The Morgan fingerprint density at radius 2 is 2.07 bits per heavy atom. The third-order valence-electron chi connectivity index (χ3n) is 3.83. The summed E-state index contributed by atoms with van der Waals surface area (Å²) in [7, 11) is 0. The molecule has 29 heavy (non-hydrogen) atoms. The zero-order valence-electron chi connectivity index (χ0n) is 15.9. The summed E-state index contributed by atoms with van der Waals surface area (Å²) in [5.41, 5.74) is 2.92. The molecule has 1 amide bonds. The minimum atomic E-state index is -0.393. The molecule has 1 N–H and O–H groups in total. The number of ether oxygens (including phenoxy) is 2. The van der Waals surface area contributed by atoms with E-state index in [0.717, 1.165) is 10.4 Å². The first-order valence-electron chi connectivity index (χ1n) is 9.05. The third kappa shape index (κ3) is 6.05. The number of pyridine rings is 1. The zero-order chi connectivity index (χ0) is 20.5. The van der Waals surface area contributed by atoms with Crippen LogP contribution in [0.1, 0.15) is 17.4 Å². The molecule has 0 aliphatic carbocycles. The molecule has 0 unspecified atom stereocenters. The van der Waals surface area contributed by atoms with Crippen molar-refractivity contribution in [1.29, 1.82) is 0 Å². The SMILES string of the molecule is CCOc1cc(/C=N\NC(=O)Cn2ccccc2=O)ccc1OCc1cccs1. The van der Waals surface area contributed by atoms with Gasteiger partial charge >= 0.3 is 0 Å². The van der Waals surface area contributed by atoms with E-state index in [1.54, 1.807) is 35.7 Å². The molecule has 2 aromatic heterocycles. The van der Waals surface area contributed by atoms with Gasteiger partial charge in [-0.15, -0.1) is 11.3 Å². The Balaban J connectivity index is 1.60. The minimum absolute atomic E-state index is 0.100. The largest absolute Gasteiger partial charge is 0.490 e. The van der Waals surface area contributed by atoms with E-state index in [1.807, 2.05) is 36.6 Å². The second-order valence-corrected chi connectivity index (χ2v) is 7.00. The fourth-order valence-electron chi connectivity index (χ4n) is 2.50. The number of rotatable bonds is 9. The lowest BCUT2D eigenvalue weighted by Gasteiger charge is -2.12. The molecule has 3 aromatic rings. The van der Waals surface area contributed by atoms with Crippen LogP contribution in [0, 0.1) is 0 Å². The van der Waals surface area contributed by atoms with E-state index in [9.17, 15) is 9.59 Å². The molecule has 0 fully saturated rings. The van der Waals surface area contributed by atoms with Crippen LogP contribution < -0.4 is 20.5 Å². The molecule has 1 aromatic carbocycles. The van der Waals surface area contributed by atoms with Gasteiger partial charge < -0.3 is 14.0 Å². The average Bonchev–Trinajstić information content (AvgIpc) is 3.23. The molecule has 0 saturated carbocycles. The van der Waals surface area contributed by atoms with Crippen molar-refractivity contribution >= 4 is 23.5 Å². The standard InChI is InChI=1S/C21H21N3O4S/c1-2-27-19-12-16(8-9-18(19)28-15-17-6-5-11-29-17)13-22-23-20(25)14-24-10-4-3-7-21(24)26/h3-13H,2,14-15H2,1H3,(H,23,25)/b22-13-. The minimum Gasteiger partial charge on any atom is -0.490 e. The Morgan fingerprint density at radius 1 is 1.17 bits per heavy atom. The predicted octanol–water partition coefficient (Wildman–Crippen LogP) is 3.04. The first-order valence-corrected chi connectivity index (χ1v) is 9.93. The molecule has 8 heteroatoms. The van der Waals surface area contributed by atoms with Gasteiger partial charge in [0.05, 0.1) is 12.8 Å². The number of hydrogen-bond acceptors (Lipinski definition) is 6. The molecule has 150 valence electrons. The summed E-state index contributed by atoms with van der Waals surface area (Å²) in [6, 6.07) is 14.1. The number of carbonyl (C=O) groups excluding carboxylic acids is 1. The lowest BCUT2D eigenvalue weighted by Crippen LogP contribution is -2.28. The summed E-state index contributed by atoms with van der Waals surface area (Å²) in [4.78, 5) is 24.7.